The number of benzene rings is 3. The van der Waals surface area contributed by atoms with Crippen molar-refractivity contribution in [2.24, 2.45) is 0 Å². The van der Waals surface area contributed by atoms with Crippen LogP contribution in [-0.4, -0.2) is 30.5 Å². The van der Waals surface area contributed by atoms with Crippen molar-refractivity contribution in [1.82, 2.24) is 5.32 Å². The van der Waals surface area contributed by atoms with Crippen LogP contribution in [0.15, 0.2) is 78.9 Å². The summed E-state index contributed by atoms with van der Waals surface area (Å²) in [6, 6.07) is 24.6. The summed E-state index contributed by atoms with van der Waals surface area (Å²) in [7, 11) is 0. The number of nitrogens with one attached hydrogen (secondary N) is 3. The number of ether oxygens (including phenoxy) is 1. The van der Waals surface area contributed by atoms with Crippen molar-refractivity contribution in [1.29, 1.82) is 0 Å². The van der Waals surface area contributed by atoms with Gasteiger partial charge in [-0.1, -0.05) is 36.4 Å². The van der Waals surface area contributed by atoms with Crippen LogP contribution in [0.5, 0.6) is 5.75 Å². The van der Waals surface area contributed by atoms with E-state index in [0.717, 1.165) is 12.2 Å². The second-order valence-corrected chi connectivity index (χ2v) is 8.80. The fourth-order valence-corrected chi connectivity index (χ4v) is 3.14. The van der Waals surface area contributed by atoms with Crippen molar-refractivity contribution in [3.63, 3.8) is 0 Å². The molecule has 0 saturated heterocycles. The lowest BCUT2D eigenvalue weighted by atomic mass is 10.1. The summed E-state index contributed by atoms with van der Waals surface area (Å²) in [5.74, 6) is 0.423. The van der Waals surface area contributed by atoms with Gasteiger partial charge in [-0.05, 0) is 68.8 Å². The van der Waals surface area contributed by atoms with Crippen LogP contribution in [0.4, 0.5) is 11.4 Å². The summed E-state index contributed by atoms with van der Waals surface area (Å²) in [5.41, 5.74) is 2.85. The Balaban J connectivity index is 1.44. The number of hydrogen-bond acceptors (Lipinski definition) is 4. The first-order valence-corrected chi connectivity index (χ1v) is 11.0. The van der Waals surface area contributed by atoms with Gasteiger partial charge in [0.2, 0.25) is 5.91 Å². The van der Waals surface area contributed by atoms with E-state index in [9.17, 15) is 9.59 Å². The molecule has 3 aromatic carbocycles. The van der Waals surface area contributed by atoms with Gasteiger partial charge >= 0.3 is 0 Å². The molecule has 0 radical (unpaired) electrons. The lowest BCUT2D eigenvalue weighted by molar-refractivity contribution is -0.114. The van der Waals surface area contributed by atoms with E-state index in [2.05, 4.69) is 28.1 Å². The lowest BCUT2D eigenvalue weighted by Crippen LogP contribution is -2.40. The predicted octanol–water partition coefficient (Wildman–Crippen LogP) is 4.89. The number of hydrogen-bond donors (Lipinski definition) is 3. The second-order valence-electron chi connectivity index (χ2n) is 8.80. The molecule has 6 heteroatoms. The topological polar surface area (TPSA) is 79.5 Å². The molecule has 6 nitrogen and oxygen atoms in total. The number of rotatable bonds is 9. The molecule has 0 unspecified atom stereocenters. The molecule has 0 aliphatic carbocycles. The minimum atomic E-state index is -0.317. The van der Waals surface area contributed by atoms with Crippen molar-refractivity contribution >= 4 is 23.2 Å². The summed E-state index contributed by atoms with van der Waals surface area (Å²) in [6.07, 6.45) is 0.837. The smallest absolute Gasteiger partial charge is 0.251 e. The van der Waals surface area contributed by atoms with Crippen LogP contribution in [-0.2, 0) is 11.2 Å². The van der Waals surface area contributed by atoms with Crippen LogP contribution in [0, 0.1) is 0 Å². The monoisotopic (exact) mass is 445 g/mol. The summed E-state index contributed by atoms with van der Waals surface area (Å²) < 4.78 is 5.78. The Hall–Kier alpha value is -3.80. The highest BCUT2D eigenvalue weighted by Crippen LogP contribution is 2.17. The Bertz CT molecular complexity index is 1060. The second kappa shape index (κ2) is 11.2. The van der Waals surface area contributed by atoms with Crippen molar-refractivity contribution < 1.29 is 14.3 Å². The zero-order valence-electron chi connectivity index (χ0n) is 19.4. The predicted molar refractivity (Wildman–Crippen MR) is 133 cm³/mol. The molecule has 33 heavy (non-hydrogen) atoms. The number of carbonyl (C=O) groups is 2. The lowest BCUT2D eigenvalue weighted by Gasteiger charge is -2.20. The average molecular weight is 446 g/mol. The highest BCUT2D eigenvalue weighted by atomic mass is 16.5. The first-order chi connectivity index (χ1) is 15.8. The van der Waals surface area contributed by atoms with Gasteiger partial charge in [-0.2, -0.15) is 0 Å². The van der Waals surface area contributed by atoms with Gasteiger partial charge in [-0.15, -0.1) is 0 Å². The Kier molecular flexibility index (Phi) is 8.08. The molecule has 0 aliphatic heterocycles. The molecule has 3 aromatic rings. The van der Waals surface area contributed by atoms with Crippen LogP contribution in [0.1, 0.15) is 36.7 Å². The molecule has 0 spiro atoms. The molecular weight excluding hydrogens is 414 g/mol. The van der Waals surface area contributed by atoms with E-state index < -0.39 is 0 Å². The molecule has 172 valence electrons. The summed E-state index contributed by atoms with van der Waals surface area (Å²) in [4.78, 5) is 24.7. The molecule has 2 amide bonds. The van der Waals surface area contributed by atoms with E-state index in [1.165, 1.54) is 5.56 Å². The minimum absolute atomic E-state index is 0.0830. The third kappa shape index (κ3) is 8.33. The average Bonchev–Trinajstić information content (AvgIpc) is 2.79. The highest BCUT2D eigenvalue weighted by molar-refractivity contribution is 5.96. The van der Waals surface area contributed by atoms with Gasteiger partial charge in [0.25, 0.3) is 5.91 Å². The van der Waals surface area contributed by atoms with Crippen LogP contribution in [0.25, 0.3) is 0 Å². The van der Waals surface area contributed by atoms with Gasteiger partial charge in [0.15, 0.2) is 0 Å². The van der Waals surface area contributed by atoms with Crippen molar-refractivity contribution in [3.8, 4) is 5.75 Å². The summed E-state index contributed by atoms with van der Waals surface area (Å²) in [5, 5.41) is 8.84. The fraction of sp³-hybridized carbons (Fsp3) is 0.259. The van der Waals surface area contributed by atoms with Gasteiger partial charge in [-0.3, -0.25) is 9.59 Å². The molecule has 0 saturated carbocycles. The molecular formula is C27H31N3O3. The number of anilines is 2. The molecule has 3 rings (SSSR count). The van der Waals surface area contributed by atoms with Crippen LogP contribution >= 0.6 is 0 Å². The van der Waals surface area contributed by atoms with Crippen LogP contribution in [0.2, 0.25) is 0 Å². The van der Waals surface area contributed by atoms with Gasteiger partial charge in [0, 0.05) is 28.9 Å². The molecule has 0 atom stereocenters. The standard InChI is InChI=1S/C27H31N3O3/c1-27(2,3)30-26(32)21-10-7-11-23(18-21)28-19-25(31)29-22-12-14-24(15-13-22)33-17-16-20-8-5-4-6-9-20/h4-15,18,28H,16-17,19H2,1-3H3,(H,29,31)(H,30,32). The molecule has 3 N–H and O–H groups in total. The van der Waals surface area contributed by atoms with Crippen molar-refractivity contribution in [3.05, 3.63) is 90.0 Å². The third-order valence-corrected chi connectivity index (χ3v) is 4.71. The largest absolute Gasteiger partial charge is 0.493 e. The van der Waals surface area contributed by atoms with Crippen molar-refractivity contribution in [2.45, 2.75) is 32.7 Å². The summed E-state index contributed by atoms with van der Waals surface area (Å²) in [6.45, 7) is 6.47. The van der Waals surface area contributed by atoms with E-state index in [0.29, 0.717) is 23.5 Å². The molecule has 0 heterocycles. The summed E-state index contributed by atoms with van der Waals surface area (Å²) >= 11 is 0. The minimum Gasteiger partial charge on any atom is -0.493 e. The van der Waals surface area contributed by atoms with Gasteiger partial charge < -0.3 is 20.7 Å². The molecule has 0 aromatic heterocycles. The Morgan fingerprint density at radius 3 is 2.27 bits per heavy atom. The van der Waals surface area contributed by atoms with E-state index in [1.807, 2.05) is 69.3 Å². The number of carbonyl (C=O) groups excluding carboxylic acids is 2. The van der Waals surface area contributed by atoms with Crippen LogP contribution < -0.4 is 20.7 Å². The fourth-order valence-electron chi connectivity index (χ4n) is 3.14. The van der Waals surface area contributed by atoms with Crippen LogP contribution in [0.3, 0.4) is 0 Å². The molecule has 0 fully saturated rings. The highest BCUT2D eigenvalue weighted by Gasteiger charge is 2.15. The van der Waals surface area contributed by atoms with E-state index in [1.54, 1.807) is 18.2 Å². The number of amides is 2. The van der Waals surface area contributed by atoms with E-state index in [4.69, 9.17) is 4.74 Å². The first-order valence-electron chi connectivity index (χ1n) is 11.0. The zero-order chi connectivity index (χ0) is 23.7. The SMILES string of the molecule is CC(C)(C)NC(=O)c1cccc(NCC(=O)Nc2ccc(OCCc3ccccc3)cc2)c1. The van der Waals surface area contributed by atoms with Gasteiger partial charge in [-0.25, -0.2) is 0 Å². The van der Waals surface area contributed by atoms with E-state index in [-0.39, 0.29) is 23.9 Å². The van der Waals surface area contributed by atoms with E-state index >= 15 is 0 Å². The zero-order valence-corrected chi connectivity index (χ0v) is 19.4. The quantitative estimate of drug-likeness (QED) is 0.438. The Labute approximate surface area is 195 Å². The van der Waals surface area contributed by atoms with Crippen molar-refractivity contribution in [2.75, 3.05) is 23.8 Å². The first kappa shape index (κ1) is 23.9. The molecule has 0 bridgehead atoms. The Morgan fingerprint density at radius 1 is 0.848 bits per heavy atom. The van der Waals surface area contributed by atoms with Gasteiger partial charge in [0.1, 0.15) is 5.75 Å². The van der Waals surface area contributed by atoms with Gasteiger partial charge in [0.05, 0.1) is 13.2 Å². The Morgan fingerprint density at radius 2 is 1.58 bits per heavy atom. The normalized spacial score (nSPS) is 10.9. The maximum absolute atomic E-state index is 12.3. The maximum Gasteiger partial charge on any atom is 0.251 e. The third-order valence-electron chi connectivity index (χ3n) is 4.71. The maximum atomic E-state index is 12.3. The molecule has 0 aliphatic rings.